The highest BCUT2D eigenvalue weighted by Gasteiger charge is 2.10. The molecule has 2 rings (SSSR count). The van der Waals surface area contributed by atoms with Gasteiger partial charge in [0.25, 0.3) is 5.91 Å². The van der Waals surface area contributed by atoms with Crippen molar-refractivity contribution in [2.45, 2.75) is 26.9 Å². The highest BCUT2D eigenvalue weighted by Crippen LogP contribution is 2.21. The van der Waals surface area contributed by atoms with Crippen molar-refractivity contribution in [2.75, 3.05) is 13.1 Å². The SMILES string of the molecule is CCN(CC)Cc1ccc(CNC(=O)c2ccc(Cl)cc2Cl)cc1. The molecule has 1 N–H and O–H groups in total. The van der Waals surface area contributed by atoms with Crippen molar-refractivity contribution in [2.24, 2.45) is 0 Å². The summed E-state index contributed by atoms with van der Waals surface area (Å²) in [5.74, 6) is -0.205. The van der Waals surface area contributed by atoms with E-state index in [0.29, 0.717) is 22.2 Å². The Morgan fingerprint density at radius 2 is 1.62 bits per heavy atom. The van der Waals surface area contributed by atoms with E-state index in [4.69, 9.17) is 23.2 Å². The Kier molecular flexibility index (Phi) is 7.10. The van der Waals surface area contributed by atoms with Gasteiger partial charge in [0.05, 0.1) is 10.6 Å². The molecule has 128 valence electrons. The molecule has 0 unspecified atom stereocenters. The molecule has 0 fully saturated rings. The van der Waals surface area contributed by atoms with Crippen LogP contribution in [0.15, 0.2) is 42.5 Å². The lowest BCUT2D eigenvalue weighted by Gasteiger charge is -2.18. The Morgan fingerprint density at radius 3 is 2.21 bits per heavy atom. The van der Waals surface area contributed by atoms with Crippen molar-refractivity contribution in [1.29, 1.82) is 0 Å². The monoisotopic (exact) mass is 364 g/mol. The molecule has 0 aromatic heterocycles. The number of hydrogen-bond donors (Lipinski definition) is 1. The molecule has 0 radical (unpaired) electrons. The third kappa shape index (κ3) is 5.23. The zero-order valence-corrected chi connectivity index (χ0v) is 15.5. The van der Waals surface area contributed by atoms with E-state index in [2.05, 4.69) is 36.2 Å². The molecule has 0 aliphatic rings. The molecule has 5 heteroatoms. The van der Waals surface area contributed by atoms with E-state index in [9.17, 15) is 4.79 Å². The van der Waals surface area contributed by atoms with Crippen molar-refractivity contribution in [3.05, 3.63) is 69.2 Å². The van der Waals surface area contributed by atoms with E-state index in [1.807, 2.05) is 12.1 Å². The van der Waals surface area contributed by atoms with Crippen molar-refractivity contribution in [3.63, 3.8) is 0 Å². The Morgan fingerprint density at radius 1 is 1.00 bits per heavy atom. The van der Waals surface area contributed by atoms with Gasteiger partial charge >= 0.3 is 0 Å². The summed E-state index contributed by atoms with van der Waals surface area (Å²) in [7, 11) is 0. The lowest BCUT2D eigenvalue weighted by Crippen LogP contribution is -2.23. The van der Waals surface area contributed by atoms with Gasteiger partial charge in [0, 0.05) is 18.1 Å². The highest BCUT2D eigenvalue weighted by molar-refractivity contribution is 6.36. The number of benzene rings is 2. The minimum atomic E-state index is -0.205. The van der Waals surface area contributed by atoms with Gasteiger partial charge in [0.15, 0.2) is 0 Å². The maximum absolute atomic E-state index is 12.2. The van der Waals surface area contributed by atoms with Crippen LogP contribution >= 0.6 is 23.2 Å². The van der Waals surface area contributed by atoms with Crippen LogP contribution in [0.3, 0.4) is 0 Å². The molecule has 3 nitrogen and oxygen atoms in total. The summed E-state index contributed by atoms with van der Waals surface area (Å²) < 4.78 is 0. The van der Waals surface area contributed by atoms with Crippen LogP contribution in [0.5, 0.6) is 0 Å². The molecule has 0 aliphatic heterocycles. The van der Waals surface area contributed by atoms with Crippen LogP contribution in [0, 0.1) is 0 Å². The van der Waals surface area contributed by atoms with Crippen molar-refractivity contribution in [3.8, 4) is 0 Å². The second-order valence-electron chi connectivity index (χ2n) is 5.58. The van der Waals surface area contributed by atoms with Gasteiger partial charge in [-0.15, -0.1) is 0 Å². The zero-order valence-electron chi connectivity index (χ0n) is 14.0. The molecule has 0 saturated heterocycles. The molecular weight excluding hydrogens is 343 g/mol. The van der Waals surface area contributed by atoms with E-state index in [0.717, 1.165) is 25.2 Å². The van der Waals surface area contributed by atoms with Gasteiger partial charge in [-0.25, -0.2) is 0 Å². The van der Waals surface area contributed by atoms with E-state index in [1.165, 1.54) is 5.56 Å². The maximum Gasteiger partial charge on any atom is 0.253 e. The molecule has 1 amide bonds. The summed E-state index contributed by atoms with van der Waals surface area (Å²) in [5, 5.41) is 3.75. The number of rotatable bonds is 7. The molecule has 24 heavy (non-hydrogen) atoms. The number of carbonyl (C=O) groups is 1. The summed E-state index contributed by atoms with van der Waals surface area (Å²) in [6, 6.07) is 13.2. The molecule has 2 aromatic rings. The molecule has 0 atom stereocenters. The smallest absolute Gasteiger partial charge is 0.253 e. The first-order valence-electron chi connectivity index (χ1n) is 8.07. The van der Waals surface area contributed by atoms with Crippen molar-refractivity contribution < 1.29 is 4.79 Å². The maximum atomic E-state index is 12.2. The fourth-order valence-electron chi connectivity index (χ4n) is 2.42. The predicted octanol–water partition coefficient (Wildman–Crippen LogP) is 4.77. The zero-order chi connectivity index (χ0) is 17.5. The third-order valence-electron chi connectivity index (χ3n) is 3.95. The van der Waals surface area contributed by atoms with Gasteiger partial charge in [-0.05, 0) is 42.4 Å². The van der Waals surface area contributed by atoms with Crippen molar-refractivity contribution in [1.82, 2.24) is 10.2 Å². The number of carbonyl (C=O) groups excluding carboxylic acids is 1. The van der Waals surface area contributed by atoms with E-state index in [1.54, 1.807) is 18.2 Å². The van der Waals surface area contributed by atoms with Crippen LogP contribution in [0.25, 0.3) is 0 Å². The second-order valence-corrected chi connectivity index (χ2v) is 6.43. The van der Waals surface area contributed by atoms with Crippen LogP contribution in [0.2, 0.25) is 10.0 Å². The normalized spacial score (nSPS) is 10.9. The highest BCUT2D eigenvalue weighted by atomic mass is 35.5. The van der Waals surface area contributed by atoms with Gasteiger partial charge < -0.3 is 5.32 Å². The predicted molar refractivity (Wildman–Crippen MR) is 101 cm³/mol. The number of nitrogens with zero attached hydrogens (tertiary/aromatic N) is 1. The average molecular weight is 365 g/mol. The molecule has 0 aliphatic carbocycles. The molecule has 0 saturated carbocycles. The van der Waals surface area contributed by atoms with Gasteiger partial charge in [-0.2, -0.15) is 0 Å². The Hall–Kier alpha value is -1.55. The Labute approximate surface area is 153 Å². The topological polar surface area (TPSA) is 32.3 Å². The van der Waals surface area contributed by atoms with Gasteiger partial charge in [-0.3, -0.25) is 9.69 Å². The summed E-state index contributed by atoms with van der Waals surface area (Å²) in [6.07, 6.45) is 0. The summed E-state index contributed by atoms with van der Waals surface area (Å²) in [4.78, 5) is 14.6. The van der Waals surface area contributed by atoms with Gasteiger partial charge in [-0.1, -0.05) is 61.3 Å². The fourth-order valence-corrected chi connectivity index (χ4v) is 2.91. The van der Waals surface area contributed by atoms with Crippen LogP contribution in [0.4, 0.5) is 0 Å². The van der Waals surface area contributed by atoms with Gasteiger partial charge in [0.1, 0.15) is 0 Å². The van der Waals surface area contributed by atoms with Crippen LogP contribution in [0.1, 0.15) is 35.3 Å². The largest absolute Gasteiger partial charge is 0.348 e. The summed E-state index contributed by atoms with van der Waals surface area (Å²) >= 11 is 11.9. The first-order chi connectivity index (χ1) is 11.5. The van der Waals surface area contributed by atoms with Crippen LogP contribution in [-0.2, 0) is 13.1 Å². The molecule has 0 bridgehead atoms. The van der Waals surface area contributed by atoms with Crippen LogP contribution < -0.4 is 5.32 Å². The first-order valence-corrected chi connectivity index (χ1v) is 8.82. The number of halogens is 2. The quantitative estimate of drug-likeness (QED) is 0.767. The third-order valence-corrected chi connectivity index (χ3v) is 4.50. The number of nitrogens with one attached hydrogen (secondary N) is 1. The Bertz CT molecular complexity index is 682. The summed E-state index contributed by atoms with van der Waals surface area (Å²) in [5.41, 5.74) is 2.76. The lowest BCUT2D eigenvalue weighted by atomic mass is 10.1. The molecular formula is C19H22Cl2N2O. The van der Waals surface area contributed by atoms with Gasteiger partial charge in [0.2, 0.25) is 0 Å². The number of amides is 1. The molecule has 0 heterocycles. The van der Waals surface area contributed by atoms with Crippen molar-refractivity contribution >= 4 is 29.1 Å². The second kappa shape index (κ2) is 9.07. The minimum Gasteiger partial charge on any atom is -0.348 e. The average Bonchev–Trinajstić information content (AvgIpc) is 2.58. The molecule has 2 aromatic carbocycles. The first kappa shape index (κ1) is 18.8. The van der Waals surface area contributed by atoms with E-state index < -0.39 is 0 Å². The van der Waals surface area contributed by atoms with E-state index >= 15 is 0 Å². The lowest BCUT2D eigenvalue weighted by molar-refractivity contribution is 0.0951. The fraction of sp³-hybridized carbons (Fsp3) is 0.316. The Balaban J connectivity index is 1.93. The standard InChI is InChI=1S/C19H22Cl2N2O/c1-3-23(4-2)13-15-7-5-14(6-8-15)12-22-19(24)17-10-9-16(20)11-18(17)21/h5-11H,3-4,12-13H2,1-2H3,(H,22,24). The van der Waals surface area contributed by atoms with Crippen LogP contribution in [-0.4, -0.2) is 23.9 Å². The minimum absolute atomic E-state index is 0.205. The van der Waals surface area contributed by atoms with E-state index in [-0.39, 0.29) is 5.91 Å². The summed E-state index contributed by atoms with van der Waals surface area (Å²) in [6.45, 7) is 7.81. The molecule has 0 spiro atoms. The number of hydrogen-bond acceptors (Lipinski definition) is 2.